The summed E-state index contributed by atoms with van der Waals surface area (Å²) in [6, 6.07) is 12.9. The van der Waals surface area contributed by atoms with Crippen molar-refractivity contribution in [2.24, 2.45) is 5.92 Å². The number of aromatic nitrogens is 1. The van der Waals surface area contributed by atoms with Gasteiger partial charge in [0.2, 0.25) is 5.91 Å². The van der Waals surface area contributed by atoms with Crippen molar-refractivity contribution >= 4 is 22.5 Å². The van der Waals surface area contributed by atoms with Crippen molar-refractivity contribution in [3.8, 4) is 0 Å². The molecule has 28 heavy (non-hydrogen) atoms. The van der Waals surface area contributed by atoms with Crippen LogP contribution in [0, 0.1) is 17.6 Å². The molecule has 1 aliphatic rings. The van der Waals surface area contributed by atoms with Crippen LogP contribution in [-0.2, 0) is 4.79 Å². The number of hydrogen-bond acceptors (Lipinski definition) is 2. The summed E-state index contributed by atoms with van der Waals surface area (Å²) in [7, 11) is 0. The Morgan fingerprint density at radius 2 is 1.75 bits per heavy atom. The van der Waals surface area contributed by atoms with Gasteiger partial charge in [-0.05, 0) is 79.5 Å². The van der Waals surface area contributed by atoms with Gasteiger partial charge in [0.15, 0.2) is 0 Å². The number of carbonyl (C=O) groups is 1. The molecule has 1 amide bonds. The molecule has 2 aromatic carbocycles. The first-order valence-electron chi connectivity index (χ1n) is 9.68. The number of hydrogen-bond donors (Lipinski definition) is 1. The second-order valence-electron chi connectivity index (χ2n) is 7.51. The molecular formula is C23H22F2N2O. The van der Waals surface area contributed by atoms with Crippen molar-refractivity contribution in [1.29, 1.82) is 0 Å². The van der Waals surface area contributed by atoms with Gasteiger partial charge >= 0.3 is 0 Å². The second kappa shape index (κ2) is 8.05. The van der Waals surface area contributed by atoms with Crippen LogP contribution in [0.25, 0.3) is 10.9 Å². The summed E-state index contributed by atoms with van der Waals surface area (Å²) in [5, 5.41) is 3.72. The average Bonchev–Trinajstić information content (AvgIpc) is 2.70. The van der Waals surface area contributed by atoms with E-state index in [9.17, 15) is 13.6 Å². The fourth-order valence-corrected chi connectivity index (χ4v) is 4.20. The summed E-state index contributed by atoms with van der Waals surface area (Å²) in [4.78, 5) is 16.5. The maximum atomic E-state index is 14.0. The third kappa shape index (κ3) is 4.03. The van der Waals surface area contributed by atoms with Crippen molar-refractivity contribution in [3.05, 3.63) is 71.9 Å². The summed E-state index contributed by atoms with van der Waals surface area (Å²) in [6.07, 6.45) is 6.02. The molecule has 3 nitrogen and oxygen atoms in total. The number of anilines is 1. The molecule has 0 spiro atoms. The van der Waals surface area contributed by atoms with Gasteiger partial charge in [0, 0.05) is 23.7 Å². The molecule has 1 saturated carbocycles. The minimum atomic E-state index is -0.320. The quantitative estimate of drug-likeness (QED) is 0.620. The number of rotatable bonds is 4. The Bertz CT molecular complexity index is 980. The normalized spacial score (nSPS) is 19.5. The number of amides is 1. The first-order chi connectivity index (χ1) is 13.6. The smallest absolute Gasteiger partial charge is 0.224 e. The second-order valence-corrected chi connectivity index (χ2v) is 7.51. The van der Waals surface area contributed by atoms with E-state index in [1.54, 1.807) is 24.4 Å². The lowest BCUT2D eigenvalue weighted by Gasteiger charge is -2.29. The van der Waals surface area contributed by atoms with Crippen LogP contribution in [0.4, 0.5) is 14.5 Å². The highest BCUT2D eigenvalue weighted by atomic mass is 19.1. The van der Waals surface area contributed by atoms with Gasteiger partial charge in [0.1, 0.15) is 17.2 Å². The minimum absolute atomic E-state index is 0.0357. The number of benzene rings is 2. The van der Waals surface area contributed by atoms with Crippen LogP contribution >= 0.6 is 0 Å². The molecule has 1 N–H and O–H groups in total. The summed E-state index contributed by atoms with van der Waals surface area (Å²) in [6.45, 7) is 0. The van der Waals surface area contributed by atoms with Gasteiger partial charge in [0.05, 0.1) is 0 Å². The maximum absolute atomic E-state index is 14.0. The van der Waals surface area contributed by atoms with Crippen molar-refractivity contribution in [3.63, 3.8) is 0 Å². The molecule has 1 heterocycles. The largest absolute Gasteiger partial charge is 0.326 e. The highest BCUT2D eigenvalue weighted by molar-refractivity contribution is 5.90. The van der Waals surface area contributed by atoms with E-state index in [4.69, 9.17) is 0 Å². The van der Waals surface area contributed by atoms with E-state index in [2.05, 4.69) is 10.3 Å². The van der Waals surface area contributed by atoms with Gasteiger partial charge in [-0.1, -0.05) is 12.1 Å². The van der Waals surface area contributed by atoms with Crippen molar-refractivity contribution in [2.75, 3.05) is 5.32 Å². The van der Waals surface area contributed by atoms with Crippen molar-refractivity contribution in [2.45, 2.75) is 38.0 Å². The minimum Gasteiger partial charge on any atom is -0.326 e. The molecule has 4 rings (SSSR count). The van der Waals surface area contributed by atoms with Crippen LogP contribution < -0.4 is 5.32 Å². The standard InChI is InChI=1S/C23H22F2N2O/c24-17-8-10-18(11-9-17)27-22(28)14-15-4-6-16(7-5-15)19-12-13-26-23-20(19)2-1-3-21(23)25/h1-3,8-13,15-16H,4-7,14H2,(H,27,28)/t15-,16-. The van der Waals surface area contributed by atoms with Gasteiger partial charge in [-0.2, -0.15) is 0 Å². The van der Waals surface area contributed by atoms with E-state index in [-0.39, 0.29) is 17.5 Å². The highest BCUT2D eigenvalue weighted by Crippen LogP contribution is 2.39. The van der Waals surface area contributed by atoms with Crippen LogP contribution in [0.1, 0.15) is 43.6 Å². The lowest BCUT2D eigenvalue weighted by atomic mass is 9.77. The van der Waals surface area contributed by atoms with Gasteiger partial charge in [-0.3, -0.25) is 9.78 Å². The van der Waals surface area contributed by atoms with Crippen LogP contribution in [0.3, 0.4) is 0 Å². The van der Waals surface area contributed by atoms with Crippen LogP contribution in [0.2, 0.25) is 0 Å². The Morgan fingerprint density at radius 3 is 2.50 bits per heavy atom. The monoisotopic (exact) mass is 380 g/mol. The number of nitrogens with one attached hydrogen (secondary N) is 1. The molecule has 1 aromatic heterocycles. The summed E-state index contributed by atoms with van der Waals surface area (Å²) >= 11 is 0. The van der Waals surface area contributed by atoms with Gasteiger partial charge in [-0.25, -0.2) is 8.78 Å². The predicted molar refractivity (Wildman–Crippen MR) is 106 cm³/mol. The number of pyridine rings is 1. The Kier molecular flexibility index (Phi) is 5.33. The van der Waals surface area contributed by atoms with E-state index >= 15 is 0 Å². The molecule has 5 heteroatoms. The first-order valence-corrected chi connectivity index (χ1v) is 9.68. The summed E-state index contributed by atoms with van der Waals surface area (Å²) in [5.74, 6) is 0.0575. The van der Waals surface area contributed by atoms with E-state index in [1.165, 1.54) is 18.2 Å². The lowest BCUT2D eigenvalue weighted by Crippen LogP contribution is -2.20. The zero-order valence-electron chi connectivity index (χ0n) is 15.5. The summed E-state index contributed by atoms with van der Waals surface area (Å²) < 4.78 is 27.0. The molecule has 3 aromatic rings. The molecule has 0 saturated heterocycles. The van der Waals surface area contributed by atoms with E-state index in [0.29, 0.717) is 29.5 Å². The van der Waals surface area contributed by atoms with Crippen LogP contribution in [0.5, 0.6) is 0 Å². The molecule has 144 valence electrons. The molecule has 0 aliphatic heterocycles. The molecule has 1 aliphatic carbocycles. The first kappa shape index (κ1) is 18.5. The fourth-order valence-electron chi connectivity index (χ4n) is 4.20. The molecule has 0 bridgehead atoms. The molecule has 1 fully saturated rings. The number of para-hydroxylation sites is 1. The fraction of sp³-hybridized carbons (Fsp3) is 0.304. The Labute approximate surface area is 162 Å². The van der Waals surface area contributed by atoms with Crippen molar-refractivity contribution in [1.82, 2.24) is 4.98 Å². The molecule has 0 radical (unpaired) electrons. The average molecular weight is 380 g/mol. The Hall–Kier alpha value is -2.82. The number of nitrogens with zero attached hydrogens (tertiary/aromatic N) is 1. The Balaban J connectivity index is 1.37. The predicted octanol–water partition coefficient (Wildman–Crippen LogP) is 5.82. The van der Waals surface area contributed by atoms with Gasteiger partial charge in [0.25, 0.3) is 0 Å². The highest BCUT2D eigenvalue weighted by Gasteiger charge is 2.25. The number of fused-ring (bicyclic) bond motifs is 1. The van der Waals surface area contributed by atoms with Crippen LogP contribution in [0.15, 0.2) is 54.7 Å². The lowest BCUT2D eigenvalue weighted by molar-refractivity contribution is -0.117. The SMILES string of the molecule is O=C(C[C@H]1CC[C@H](c2ccnc3c(F)cccc32)CC1)Nc1ccc(F)cc1. The van der Waals surface area contributed by atoms with E-state index in [0.717, 1.165) is 36.6 Å². The number of carbonyl (C=O) groups excluding carboxylic acids is 1. The summed E-state index contributed by atoms with van der Waals surface area (Å²) in [5.41, 5.74) is 2.20. The van der Waals surface area contributed by atoms with Crippen LogP contribution in [-0.4, -0.2) is 10.9 Å². The topological polar surface area (TPSA) is 42.0 Å². The Morgan fingerprint density at radius 1 is 1.00 bits per heavy atom. The maximum Gasteiger partial charge on any atom is 0.224 e. The molecular weight excluding hydrogens is 358 g/mol. The third-order valence-electron chi connectivity index (χ3n) is 5.64. The number of halogens is 2. The zero-order chi connectivity index (χ0) is 19.5. The van der Waals surface area contributed by atoms with Crippen molar-refractivity contribution < 1.29 is 13.6 Å². The van der Waals surface area contributed by atoms with E-state index < -0.39 is 0 Å². The van der Waals surface area contributed by atoms with E-state index in [1.807, 2.05) is 12.1 Å². The third-order valence-corrected chi connectivity index (χ3v) is 5.64. The van der Waals surface area contributed by atoms with Gasteiger partial charge < -0.3 is 5.32 Å². The zero-order valence-corrected chi connectivity index (χ0v) is 15.5. The molecule has 0 unspecified atom stereocenters. The molecule has 0 atom stereocenters. The van der Waals surface area contributed by atoms with Gasteiger partial charge in [-0.15, -0.1) is 0 Å².